The number of carbonyl (C=O) groups excluding carboxylic acids is 2. The van der Waals surface area contributed by atoms with Gasteiger partial charge >= 0.3 is 0 Å². The molecule has 1 aromatic carbocycles. The van der Waals surface area contributed by atoms with E-state index in [4.69, 9.17) is 0 Å². The van der Waals surface area contributed by atoms with Crippen LogP contribution in [0, 0.1) is 5.92 Å². The predicted molar refractivity (Wildman–Crippen MR) is 112 cm³/mol. The van der Waals surface area contributed by atoms with Crippen molar-refractivity contribution < 1.29 is 9.59 Å². The van der Waals surface area contributed by atoms with Gasteiger partial charge in [-0.1, -0.05) is 57.2 Å². The Hall–Kier alpha value is -2.70. The summed E-state index contributed by atoms with van der Waals surface area (Å²) in [5.41, 5.74) is 4.94. The molecular weight excluding hydrogens is 368 g/mol. The molecule has 1 aromatic heterocycles. The van der Waals surface area contributed by atoms with Gasteiger partial charge in [-0.15, -0.1) is 0 Å². The first kappa shape index (κ1) is 21.0. The lowest BCUT2D eigenvalue weighted by Crippen LogP contribution is -2.43. The van der Waals surface area contributed by atoms with Crippen LogP contribution in [-0.4, -0.2) is 21.6 Å². The number of aromatic nitrogens is 2. The smallest absolute Gasteiger partial charge is 0.273 e. The van der Waals surface area contributed by atoms with Crippen LogP contribution in [0.2, 0.25) is 0 Å². The summed E-state index contributed by atoms with van der Waals surface area (Å²) in [5.74, 6) is -0.312. The average Bonchev–Trinajstić information content (AvgIpc) is 2.74. The molecule has 0 unspecified atom stereocenters. The second-order valence-electron chi connectivity index (χ2n) is 7.84. The number of rotatable bonds is 7. The second-order valence-corrected chi connectivity index (χ2v) is 7.84. The van der Waals surface area contributed by atoms with Crippen molar-refractivity contribution in [2.24, 2.45) is 5.92 Å². The van der Waals surface area contributed by atoms with Gasteiger partial charge in [-0.05, 0) is 31.2 Å². The number of hydrogen-bond acceptors (Lipinski definition) is 4. The van der Waals surface area contributed by atoms with Gasteiger partial charge in [-0.3, -0.25) is 25.2 Å². The van der Waals surface area contributed by atoms with E-state index in [1.807, 2.05) is 0 Å². The molecule has 1 fully saturated rings. The molecule has 0 saturated heterocycles. The molecule has 2 N–H and O–H groups in total. The van der Waals surface area contributed by atoms with Gasteiger partial charge in [-0.25, -0.2) is 4.68 Å². The highest BCUT2D eigenvalue weighted by Crippen LogP contribution is 2.26. The predicted octanol–water partition coefficient (Wildman–Crippen LogP) is 3.32. The fraction of sp³-hybridized carbons (Fsp3) is 0.545. The lowest BCUT2D eigenvalue weighted by Gasteiger charge is -2.20. The summed E-state index contributed by atoms with van der Waals surface area (Å²) in [7, 11) is 0. The summed E-state index contributed by atoms with van der Waals surface area (Å²) in [5, 5.41) is 5.25. The average molecular weight is 399 g/mol. The van der Waals surface area contributed by atoms with Gasteiger partial charge in [0.05, 0.1) is 5.39 Å². The van der Waals surface area contributed by atoms with Crippen molar-refractivity contribution in [3.05, 3.63) is 40.3 Å². The van der Waals surface area contributed by atoms with Crippen molar-refractivity contribution >= 4 is 22.6 Å². The largest absolute Gasteiger partial charge is 0.290 e. The molecule has 0 aliphatic heterocycles. The fourth-order valence-electron chi connectivity index (χ4n) is 3.96. The number of unbranched alkanes of at least 4 members (excludes halogenated alkanes) is 2. The molecule has 1 heterocycles. The normalized spacial score (nSPS) is 14.7. The quantitative estimate of drug-likeness (QED) is 0.553. The molecule has 0 bridgehead atoms. The van der Waals surface area contributed by atoms with Gasteiger partial charge in [0.15, 0.2) is 5.69 Å². The summed E-state index contributed by atoms with van der Waals surface area (Å²) in [6, 6.07) is 6.95. The van der Waals surface area contributed by atoms with Gasteiger partial charge in [0, 0.05) is 18.4 Å². The Labute approximate surface area is 170 Å². The molecule has 1 saturated carbocycles. The number of amides is 2. The zero-order valence-electron chi connectivity index (χ0n) is 17.1. The van der Waals surface area contributed by atoms with Gasteiger partial charge in [0.2, 0.25) is 5.91 Å². The zero-order valence-corrected chi connectivity index (χ0v) is 17.1. The molecule has 29 heavy (non-hydrogen) atoms. The molecule has 156 valence electrons. The molecule has 1 aliphatic carbocycles. The first-order valence-corrected chi connectivity index (χ1v) is 10.7. The Morgan fingerprint density at radius 3 is 2.52 bits per heavy atom. The first-order chi connectivity index (χ1) is 14.1. The van der Waals surface area contributed by atoms with Gasteiger partial charge in [0.25, 0.3) is 11.5 Å². The molecule has 1 aliphatic rings. The van der Waals surface area contributed by atoms with E-state index in [2.05, 4.69) is 22.9 Å². The lowest BCUT2D eigenvalue weighted by atomic mass is 9.87. The standard InChI is InChI=1S/C22H30N4O3/c1-2-3-9-14-26-22(29)18-13-8-7-12-17(18)20(25-26)21(28)24-23-19(27)15-16-10-5-4-6-11-16/h7-8,12-13,16H,2-6,9-11,14-15H2,1H3,(H,23,27)(H,24,28). The van der Waals surface area contributed by atoms with E-state index in [-0.39, 0.29) is 17.2 Å². The number of hydrogen-bond donors (Lipinski definition) is 2. The molecule has 3 rings (SSSR count). The number of hydrazine groups is 1. The lowest BCUT2D eigenvalue weighted by molar-refractivity contribution is -0.123. The number of carbonyl (C=O) groups is 2. The molecule has 7 nitrogen and oxygen atoms in total. The molecule has 0 atom stereocenters. The number of nitrogens with one attached hydrogen (secondary N) is 2. The second kappa shape index (κ2) is 10.2. The van der Waals surface area contributed by atoms with Gasteiger partial charge in [0.1, 0.15) is 0 Å². The van der Waals surface area contributed by atoms with Crippen molar-refractivity contribution in [2.75, 3.05) is 0 Å². The van der Waals surface area contributed by atoms with Crippen molar-refractivity contribution in [3.63, 3.8) is 0 Å². The third-order valence-electron chi connectivity index (χ3n) is 5.57. The highest BCUT2D eigenvalue weighted by Gasteiger charge is 2.19. The summed E-state index contributed by atoms with van der Waals surface area (Å²) >= 11 is 0. The highest BCUT2D eigenvalue weighted by atomic mass is 16.2. The summed E-state index contributed by atoms with van der Waals surface area (Å²) in [6.07, 6.45) is 8.96. The molecule has 2 aromatic rings. The van der Waals surface area contributed by atoms with Crippen LogP contribution in [0.4, 0.5) is 0 Å². The number of benzene rings is 1. The zero-order chi connectivity index (χ0) is 20.6. The Morgan fingerprint density at radius 1 is 1.07 bits per heavy atom. The van der Waals surface area contributed by atoms with E-state index in [0.29, 0.717) is 29.7 Å². The maximum Gasteiger partial charge on any atom is 0.290 e. The first-order valence-electron chi connectivity index (χ1n) is 10.7. The fourth-order valence-corrected chi connectivity index (χ4v) is 3.96. The van der Waals surface area contributed by atoms with E-state index in [9.17, 15) is 14.4 Å². The van der Waals surface area contributed by atoms with Crippen molar-refractivity contribution in [1.29, 1.82) is 0 Å². The third kappa shape index (κ3) is 5.43. The topological polar surface area (TPSA) is 93.1 Å². The van der Waals surface area contributed by atoms with E-state index in [0.717, 1.165) is 32.1 Å². The highest BCUT2D eigenvalue weighted by molar-refractivity contribution is 6.05. The van der Waals surface area contributed by atoms with Gasteiger partial charge < -0.3 is 0 Å². The summed E-state index contributed by atoms with van der Waals surface area (Å²) < 4.78 is 1.36. The van der Waals surface area contributed by atoms with Crippen molar-refractivity contribution in [1.82, 2.24) is 20.6 Å². The van der Waals surface area contributed by atoms with Crippen LogP contribution >= 0.6 is 0 Å². The van der Waals surface area contributed by atoms with Crippen LogP contribution in [0.3, 0.4) is 0 Å². The SMILES string of the molecule is CCCCCn1nc(C(=O)NNC(=O)CC2CCCCC2)c2ccccc2c1=O. The monoisotopic (exact) mass is 398 g/mol. The van der Waals surface area contributed by atoms with Crippen LogP contribution in [0.1, 0.15) is 75.2 Å². The Balaban J connectivity index is 1.73. The number of aryl methyl sites for hydroxylation is 1. The Kier molecular flexibility index (Phi) is 7.38. The minimum Gasteiger partial charge on any atom is -0.273 e. The molecule has 2 amide bonds. The minimum atomic E-state index is -0.512. The van der Waals surface area contributed by atoms with E-state index in [1.165, 1.54) is 23.9 Å². The Morgan fingerprint density at radius 2 is 1.79 bits per heavy atom. The van der Waals surface area contributed by atoms with E-state index >= 15 is 0 Å². The molecule has 0 spiro atoms. The maximum atomic E-state index is 12.7. The van der Waals surface area contributed by atoms with Gasteiger partial charge in [-0.2, -0.15) is 5.10 Å². The molecule has 0 radical (unpaired) electrons. The van der Waals surface area contributed by atoms with Crippen LogP contribution in [-0.2, 0) is 11.3 Å². The minimum absolute atomic E-state index is 0.148. The molecule has 7 heteroatoms. The third-order valence-corrected chi connectivity index (χ3v) is 5.57. The van der Waals surface area contributed by atoms with Crippen molar-refractivity contribution in [3.8, 4) is 0 Å². The van der Waals surface area contributed by atoms with E-state index < -0.39 is 5.91 Å². The van der Waals surface area contributed by atoms with Crippen LogP contribution in [0.5, 0.6) is 0 Å². The number of fused-ring (bicyclic) bond motifs is 1. The Bertz CT molecular complexity index is 916. The van der Waals surface area contributed by atoms with Crippen LogP contribution in [0.25, 0.3) is 10.8 Å². The molecular formula is C22H30N4O3. The van der Waals surface area contributed by atoms with Crippen molar-refractivity contribution in [2.45, 2.75) is 71.3 Å². The van der Waals surface area contributed by atoms with E-state index in [1.54, 1.807) is 24.3 Å². The summed E-state index contributed by atoms with van der Waals surface area (Å²) in [4.78, 5) is 37.6. The maximum absolute atomic E-state index is 12.7. The summed E-state index contributed by atoms with van der Waals surface area (Å²) in [6.45, 7) is 2.55. The number of nitrogens with zero attached hydrogens (tertiary/aromatic N) is 2. The van der Waals surface area contributed by atoms with Crippen LogP contribution < -0.4 is 16.4 Å². The van der Waals surface area contributed by atoms with Crippen LogP contribution in [0.15, 0.2) is 29.1 Å².